The van der Waals surface area contributed by atoms with Crippen LogP contribution >= 0.6 is 0 Å². The van der Waals surface area contributed by atoms with Crippen molar-refractivity contribution in [3.63, 3.8) is 0 Å². The van der Waals surface area contributed by atoms with Crippen molar-refractivity contribution in [2.24, 2.45) is 0 Å². The highest BCUT2D eigenvalue weighted by Crippen LogP contribution is 2.33. The second-order valence-corrected chi connectivity index (χ2v) is 7.88. The van der Waals surface area contributed by atoms with Crippen LogP contribution in [0.15, 0.2) is 91.1 Å². The van der Waals surface area contributed by atoms with Gasteiger partial charge in [-0.1, -0.05) is 18.2 Å². The van der Waals surface area contributed by atoms with Crippen molar-refractivity contribution < 1.29 is 27.4 Å². The lowest BCUT2D eigenvalue weighted by atomic mass is 9.97. The number of nitrogens with one attached hydrogen (secondary N) is 1. The van der Waals surface area contributed by atoms with Crippen LogP contribution in [-0.2, 0) is 12.6 Å². The first-order valence-corrected chi connectivity index (χ1v) is 11.1. The fourth-order valence-corrected chi connectivity index (χ4v) is 3.58. The number of alkyl halides is 3. The Labute approximate surface area is 206 Å². The predicted molar refractivity (Wildman–Crippen MR) is 131 cm³/mol. The Bertz CT molecular complexity index is 1310. The zero-order valence-electron chi connectivity index (χ0n) is 19.4. The van der Waals surface area contributed by atoms with Gasteiger partial charge in [-0.25, -0.2) is 0 Å². The van der Waals surface area contributed by atoms with Gasteiger partial charge in [0.25, 0.3) is 5.91 Å². The third-order valence-electron chi connectivity index (χ3n) is 5.46. The van der Waals surface area contributed by atoms with Crippen LogP contribution in [-0.4, -0.2) is 24.6 Å². The normalized spacial score (nSPS) is 11.1. The van der Waals surface area contributed by atoms with Crippen LogP contribution in [0.1, 0.15) is 21.6 Å². The number of rotatable bonds is 8. The summed E-state index contributed by atoms with van der Waals surface area (Å²) in [5.41, 5.74) is 1.95. The molecule has 0 aliphatic rings. The van der Waals surface area contributed by atoms with Crippen LogP contribution in [0.2, 0.25) is 0 Å². The molecule has 1 amide bonds. The molecule has 1 N–H and O–H groups in total. The van der Waals surface area contributed by atoms with Gasteiger partial charge < -0.3 is 14.8 Å². The summed E-state index contributed by atoms with van der Waals surface area (Å²) in [6, 6.07) is 22.2. The molecule has 3 aromatic carbocycles. The van der Waals surface area contributed by atoms with E-state index >= 15 is 0 Å². The van der Waals surface area contributed by atoms with E-state index in [2.05, 4.69) is 10.3 Å². The van der Waals surface area contributed by atoms with E-state index in [1.807, 2.05) is 18.2 Å². The van der Waals surface area contributed by atoms with Crippen molar-refractivity contribution in [3.05, 3.63) is 108 Å². The Balaban J connectivity index is 1.47. The Morgan fingerprint density at radius 1 is 0.917 bits per heavy atom. The van der Waals surface area contributed by atoms with E-state index < -0.39 is 17.6 Å². The molecule has 5 nitrogen and oxygen atoms in total. The summed E-state index contributed by atoms with van der Waals surface area (Å²) in [7, 11) is 1.47. The number of hydrogen-bond donors (Lipinski definition) is 1. The van der Waals surface area contributed by atoms with E-state index in [0.29, 0.717) is 41.3 Å². The van der Waals surface area contributed by atoms with Crippen molar-refractivity contribution in [2.45, 2.75) is 12.6 Å². The average Bonchev–Trinajstić information content (AvgIpc) is 2.89. The molecule has 1 heterocycles. The van der Waals surface area contributed by atoms with Crippen LogP contribution < -0.4 is 14.8 Å². The third-order valence-corrected chi connectivity index (χ3v) is 5.46. The van der Waals surface area contributed by atoms with Crippen LogP contribution in [0.3, 0.4) is 0 Å². The van der Waals surface area contributed by atoms with Crippen molar-refractivity contribution in [2.75, 3.05) is 19.0 Å². The lowest BCUT2D eigenvalue weighted by Crippen LogP contribution is -2.13. The second kappa shape index (κ2) is 10.9. The molecule has 0 fully saturated rings. The topological polar surface area (TPSA) is 60.5 Å². The molecule has 0 aliphatic heterocycles. The Morgan fingerprint density at radius 2 is 1.64 bits per heavy atom. The van der Waals surface area contributed by atoms with Gasteiger partial charge in [0.1, 0.15) is 11.5 Å². The van der Waals surface area contributed by atoms with Gasteiger partial charge in [0, 0.05) is 24.0 Å². The van der Waals surface area contributed by atoms with Gasteiger partial charge >= 0.3 is 6.18 Å². The smallest absolute Gasteiger partial charge is 0.416 e. The number of ether oxygens (including phenoxy) is 2. The number of pyridine rings is 1. The molecule has 4 aromatic rings. The minimum absolute atomic E-state index is 0.268. The monoisotopic (exact) mass is 492 g/mol. The summed E-state index contributed by atoms with van der Waals surface area (Å²) in [5.74, 6) is 0.677. The van der Waals surface area contributed by atoms with Crippen LogP contribution in [0.25, 0.3) is 11.1 Å². The van der Waals surface area contributed by atoms with Crippen LogP contribution in [0.5, 0.6) is 11.5 Å². The molecule has 0 unspecified atom stereocenters. The average molecular weight is 492 g/mol. The molecule has 36 heavy (non-hydrogen) atoms. The maximum Gasteiger partial charge on any atom is 0.416 e. The zero-order chi connectivity index (χ0) is 25.5. The highest BCUT2D eigenvalue weighted by molar-refractivity contribution is 6.09. The number of nitrogens with zero attached hydrogens (tertiary/aromatic N) is 1. The highest BCUT2D eigenvalue weighted by Gasteiger charge is 2.30. The largest absolute Gasteiger partial charge is 0.497 e. The first-order chi connectivity index (χ1) is 17.3. The predicted octanol–water partition coefficient (Wildman–Crippen LogP) is 6.65. The Hall–Kier alpha value is -4.33. The minimum atomic E-state index is -4.44. The number of hydrogen-bond acceptors (Lipinski definition) is 4. The zero-order valence-corrected chi connectivity index (χ0v) is 19.4. The van der Waals surface area contributed by atoms with Gasteiger partial charge in [-0.15, -0.1) is 0 Å². The summed E-state index contributed by atoms with van der Waals surface area (Å²) < 4.78 is 49.9. The van der Waals surface area contributed by atoms with Crippen LogP contribution in [0.4, 0.5) is 18.9 Å². The maximum absolute atomic E-state index is 13.1. The standard InChI is InChI=1S/C28H23F3N2O3/c1-35-24-13-14-25(19-5-7-20(8-6-19)28(29,30)31)26(18-24)27(34)33-22-9-11-23(12-10-22)36-17-15-21-4-2-3-16-32-21/h2-14,16,18H,15,17H2,1H3,(H,33,34). The molecule has 0 saturated heterocycles. The van der Waals surface area contributed by atoms with Crippen LogP contribution in [0, 0.1) is 0 Å². The molecule has 8 heteroatoms. The molecule has 0 spiro atoms. The lowest BCUT2D eigenvalue weighted by Gasteiger charge is -2.14. The van der Waals surface area contributed by atoms with Crippen molar-refractivity contribution in [1.82, 2.24) is 4.98 Å². The molecule has 1 aromatic heterocycles. The Kier molecular flexibility index (Phi) is 7.53. The first-order valence-electron chi connectivity index (χ1n) is 11.1. The van der Waals surface area contributed by atoms with E-state index in [1.54, 1.807) is 48.7 Å². The van der Waals surface area contributed by atoms with Gasteiger partial charge in [-0.2, -0.15) is 13.2 Å². The van der Waals surface area contributed by atoms with Gasteiger partial charge in [0.15, 0.2) is 0 Å². The number of halogens is 3. The minimum Gasteiger partial charge on any atom is -0.497 e. The molecule has 0 atom stereocenters. The van der Waals surface area contributed by atoms with Gasteiger partial charge in [-0.3, -0.25) is 9.78 Å². The first kappa shape index (κ1) is 24.8. The summed E-state index contributed by atoms with van der Waals surface area (Å²) in [5, 5.41) is 2.82. The fraction of sp³-hybridized carbons (Fsp3) is 0.143. The fourth-order valence-electron chi connectivity index (χ4n) is 3.58. The lowest BCUT2D eigenvalue weighted by molar-refractivity contribution is -0.137. The quantitative estimate of drug-likeness (QED) is 0.299. The molecule has 0 bridgehead atoms. The summed E-state index contributed by atoms with van der Waals surface area (Å²) in [4.78, 5) is 17.4. The Morgan fingerprint density at radius 3 is 2.28 bits per heavy atom. The molecule has 4 rings (SSSR count). The molecular weight excluding hydrogens is 469 g/mol. The molecular formula is C28H23F3N2O3. The van der Waals surface area contributed by atoms with Gasteiger partial charge in [0.2, 0.25) is 0 Å². The SMILES string of the molecule is COc1ccc(-c2ccc(C(F)(F)F)cc2)c(C(=O)Nc2ccc(OCCc3ccccn3)cc2)c1. The molecule has 184 valence electrons. The van der Waals surface area contributed by atoms with E-state index in [9.17, 15) is 18.0 Å². The number of benzene rings is 3. The number of carbonyl (C=O) groups is 1. The van der Waals surface area contributed by atoms with E-state index in [1.165, 1.54) is 19.2 Å². The van der Waals surface area contributed by atoms with E-state index in [4.69, 9.17) is 9.47 Å². The van der Waals surface area contributed by atoms with E-state index in [0.717, 1.165) is 17.8 Å². The highest BCUT2D eigenvalue weighted by atomic mass is 19.4. The number of carbonyl (C=O) groups excluding carboxylic acids is 1. The van der Waals surface area contributed by atoms with Crippen molar-refractivity contribution >= 4 is 11.6 Å². The van der Waals surface area contributed by atoms with Gasteiger partial charge in [0.05, 0.1) is 24.8 Å². The molecule has 0 aliphatic carbocycles. The third kappa shape index (κ3) is 6.21. The molecule has 0 saturated carbocycles. The summed E-state index contributed by atoms with van der Waals surface area (Å²) >= 11 is 0. The van der Waals surface area contributed by atoms with Crippen molar-refractivity contribution in [3.8, 4) is 22.6 Å². The second-order valence-electron chi connectivity index (χ2n) is 7.88. The summed E-state index contributed by atoms with van der Waals surface area (Å²) in [6.45, 7) is 0.461. The van der Waals surface area contributed by atoms with E-state index in [-0.39, 0.29) is 5.56 Å². The maximum atomic E-state index is 13.1. The van der Waals surface area contributed by atoms with Crippen molar-refractivity contribution in [1.29, 1.82) is 0 Å². The summed E-state index contributed by atoms with van der Waals surface area (Å²) in [6.07, 6.45) is -2.03. The number of amides is 1. The number of methoxy groups -OCH3 is 1. The molecule has 0 radical (unpaired) electrons. The number of anilines is 1. The van der Waals surface area contributed by atoms with Gasteiger partial charge in [-0.05, 0) is 77.9 Å². The number of aromatic nitrogens is 1.